The molecule has 11 heteroatoms. The molecule has 0 saturated carbocycles. The van der Waals surface area contributed by atoms with Gasteiger partial charge in [0.2, 0.25) is 11.8 Å². The maximum Gasteiger partial charge on any atom is 0.416 e. The van der Waals surface area contributed by atoms with E-state index in [1.54, 1.807) is 19.1 Å². The van der Waals surface area contributed by atoms with Crippen molar-refractivity contribution in [1.29, 1.82) is 0 Å². The minimum atomic E-state index is -4.56. The molecule has 3 aromatic rings. The van der Waals surface area contributed by atoms with Crippen LogP contribution in [0.15, 0.2) is 47.8 Å². The molecule has 1 aromatic heterocycles. The number of amides is 2. The third-order valence-electron chi connectivity index (χ3n) is 4.62. The molecule has 0 aliphatic carbocycles. The van der Waals surface area contributed by atoms with Gasteiger partial charge in [0.1, 0.15) is 6.61 Å². The Balaban J connectivity index is 1.79. The van der Waals surface area contributed by atoms with E-state index in [0.717, 1.165) is 28.4 Å². The van der Waals surface area contributed by atoms with Gasteiger partial charge in [0.25, 0.3) is 0 Å². The number of alkyl halides is 3. The number of rotatable bonds is 6. The highest BCUT2D eigenvalue weighted by atomic mass is 32.1. The highest BCUT2D eigenvalue weighted by Gasteiger charge is 2.31. The van der Waals surface area contributed by atoms with Crippen molar-refractivity contribution < 1.29 is 32.3 Å². The Kier molecular flexibility index (Phi) is 7.35. The van der Waals surface area contributed by atoms with E-state index in [0.29, 0.717) is 16.9 Å². The molecule has 0 bridgehead atoms. The zero-order chi connectivity index (χ0) is 25.0. The fraction of sp³-hybridized carbons (Fsp3) is 0.217. The monoisotopic (exact) mass is 491 g/mol. The van der Waals surface area contributed by atoms with Crippen LogP contribution in [0.4, 0.5) is 29.7 Å². The standard InChI is InChI=1S/C23H20F3N3O4S/c1-13-6-4-9-19(20(13)27-14(2)30)21(32)33-11-17-12-34-22(28-17)29(15(3)31)18-8-5-7-16(10-18)23(24,25)26/h4-10,12H,11H2,1-3H3,(H,27,30). The molecular formula is C23H20F3N3O4S. The molecule has 0 radical (unpaired) electrons. The van der Waals surface area contributed by atoms with Crippen LogP contribution in [0, 0.1) is 6.92 Å². The molecule has 0 aliphatic heterocycles. The first-order valence-electron chi connectivity index (χ1n) is 9.94. The molecule has 0 aliphatic rings. The summed E-state index contributed by atoms with van der Waals surface area (Å²) in [5.74, 6) is -1.56. The summed E-state index contributed by atoms with van der Waals surface area (Å²) < 4.78 is 44.6. The van der Waals surface area contributed by atoms with Gasteiger partial charge in [0, 0.05) is 19.2 Å². The molecule has 2 amide bonds. The molecule has 0 spiro atoms. The number of nitrogens with zero attached hydrogens (tertiary/aromatic N) is 2. The number of nitrogens with one attached hydrogen (secondary N) is 1. The molecule has 3 rings (SSSR count). The van der Waals surface area contributed by atoms with Crippen molar-refractivity contribution in [1.82, 2.24) is 4.98 Å². The molecular weight excluding hydrogens is 471 g/mol. The van der Waals surface area contributed by atoms with Gasteiger partial charge < -0.3 is 10.1 Å². The van der Waals surface area contributed by atoms with Crippen LogP contribution in [0.5, 0.6) is 0 Å². The molecule has 2 aromatic carbocycles. The number of halogens is 3. The maximum absolute atomic E-state index is 13.1. The molecule has 0 atom stereocenters. The largest absolute Gasteiger partial charge is 0.455 e. The first-order chi connectivity index (χ1) is 16.0. The number of ether oxygens (including phenoxy) is 1. The van der Waals surface area contributed by atoms with Crippen LogP contribution in [-0.2, 0) is 27.1 Å². The average molecular weight is 491 g/mol. The van der Waals surface area contributed by atoms with Gasteiger partial charge in [-0.3, -0.25) is 14.5 Å². The van der Waals surface area contributed by atoms with E-state index in [-0.39, 0.29) is 28.9 Å². The summed E-state index contributed by atoms with van der Waals surface area (Å²) in [5, 5.41) is 4.28. The van der Waals surface area contributed by atoms with Gasteiger partial charge in [-0.15, -0.1) is 11.3 Å². The van der Waals surface area contributed by atoms with Gasteiger partial charge in [-0.05, 0) is 36.8 Å². The Hall–Kier alpha value is -3.73. The van der Waals surface area contributed by atoms with Crippen LogP contribution >= 0.6 is 11.3 Å². The Bertz CT molecular complexity index is 1240. The molecule has 178 valence electrons. The van der Waals surface area contributed by atoms with E-state index in [9.17, 15) is 27.6 Å². The zero-order valence-corrected chi connectivity index (χ0v) is 19.2. The zero-order valence-electron chi connectivity index (χ0n) is 18.4. The Morgan fingerprint density at radius 3 is 2.47 bits per heavy atom. The maximum atomic E-state index is 13.1. The highest BCUT2D eigenvalue weighted by molar-refractivity contribution is 7.14. The normalized spacial score (nSPS) is 11.1. The second kappa shape index (κ2) is 10.0. The Morgan fingerprint density at radius 2 is 1.82 bits per heavy atom. The van der Waals surface area contributed by atoms with E-state index in [4.69, 9.17) is 4.74 Å². The fourth-order valence-electron chi connectivity index (χ4n) is 3.11. The van der Waals surface area contributed by atoms with Crippen molar-refractivity contribution in [2.24, 2.45) is 0 Å². The second-order valence-corrected chi connectivity index (χ2v) is 8.12. The first kappa shape index (κ1) is 24.9. The van der Waals surface area contributed by atoms with Crippen LogP contribution in [0.25, 0.3) is 0 Å². The molecule has 34 heavy (non-hydrogen) atoms. The van der Waals surface area contributed by atoms with Crippen LogP contribution < -0.4 is 10.2 Å². The van der Waals surface area contributed by atoms with E-state index >= 15 is 0 Å². The van der Waals surface area contributed by atoms with Gasteiger partial charge in [0.15, 0.2) is 5.13 Å². The molecule has 7 nitrogen and oxygen atoms in total. The Labute approximate surface area is 197 Å². The summed E-state index contributed by atoms with van der Waals surface area (Å²) in [7, 11) is 0. The number of aryl methyl sites for hydroxylation is 1. The summed E-state index contributed by atoms with van der Waals surface area (Å²) >= 11 is 1.02. The quantitative estimate of drug-likeness (QED) is 0.462. The molecule has 0 saturated heterocycles. The number of benzene rings is 2. The number of esters is 1. The minimum absolute atomic E-state index is 0.0138. The fourth-order valence-corrected chi connectivity index (χ4v) is 3.98. The van der Waals surface area contributed by atoms with Crippen molar-refractivity contribution in [3.63, 3.8) is 0 Å². The lowest BCUT2D eigenvalue weighted by Crippen LogP contribution is -2.23. The summed E-state index contributed by atoms with van der Waals surface area (Å²) in [6, 6.07) is 9.26. The number of thiazole rings is 1. The van der Waals surface area contributed by atoms with Gasteiger partial charge in [-0.2, -0.15) is 13.2 Å². The Morgan fingerprint density at radius 1 is 1.12 bits per heavy atom. The third-order valence-corrected chi connectivity index (χ3v) is 5.50. The lowest BCUT2D eigenvalue weighted by Gasteiger charge is -2.19. The van der Waals surface area contributed by atoms with Gasteiger partial charge in [-0.25, -0.2) is 9.78 Å². The predicted molar refractivity (Wildman–Crippen MR) is 121 cm³/mol. The van der Waals surface area contributed by atoms with Crippen molar-refractivity contribution in [3.05, 3.63) is 70.2 Å². The summed E-state index contributed by atoms with van der Waals surface area (Å²) in [4.78, 5) is 41.6. The van der Waals surface area contributed by atoms with Crippen LogP contribution in [-0.4, -0.2) is 22.8 Å². The van der Waals surface area contributed by atoms with Crippen molar-refractivity contribution in [2.45, 2.75) is 33.6 Å². The molecule has 0 fully saturated rings. The van der Waals surface area contributed by atoms with Crippen molar-refractivity contribution >= 4 is 45.6 Å². The van der Waals surface area contributed by atoms with Gasteiger partial charge in [-0.1, -0.05) is 18.2 Å². The predicted octanol–water partition coefficient (Wildman–Crippen LogP) is 5.47. The molecule has 1 N–H and O–H groups in total. The molecule has 0 unspecified atom stereocenters. The number of para-hydroxylation sites is 1. The minimum Gasteiger partial charge on any atom is -0.455 e. The van der Waals surface area contributed by atoms with E-state index in [1.807, 2.05) is 0 Å². The number of hydrogen-bond donors (Lipinski definition) is 1. The van der Waals surface area contributed by atoms with Gasteiger partial charge >= 0.3 is 12.1 Å². The second-order valence-electron chi connectivity index (χ2n) is 7.28. The van der Waals surface area contributed by atoms with Crippen LogP contribution in [0.2, 0.25) is 0 Å². The van der Waals surface area contributed by atoms with Crippen molar-refractivity contribution in [3.8, 4) is 0 Å². The topological polar surface area (TPSA) is 88.6 Å². The SMILES string of the molecule is CC(=O)Nc1c(C)cccc1C(=O)OCc1csc(N(C(C)=O)c2cccc(C(F)(F)F)c2)n1. The number of carbonyl (C=O) groups is 3. The number of anilines is 3. The third kappa shape index (κ3) is 5.79. The highest BCUT2D eigenvalue weighted by Crippen LogP contribution is 2.35. The average Bonchev–Trinajstić information content (AvgIpc) is 3.21. The number of carbonyl (C=O) groups excluding carboxylic acids is 3. The lowest BCUT2D eigenvalue weighted by atomic mass is 10.1. The summed E-state index contributed by atoms with van der Waals surface area (Å²) in [6.45, 7) is 4.03. The summed E-state index contributed by atoms with van der Waals surface area (Å²) in [6.07, 6.45) is -4.56. The number of aromatic nitrogens is 1. The van der Waals surface area contributed by atoms with Crippen LogP contribution in [0.1, 0.15) is 41.0 Å². The first-order valence-corrected chi connectivity index (χ1v) is 10.8. The smallest absolute Gasteiger partial charge is 0.416 e. The summed E-state index contributed by atoms with van der Waals surface area (Å²) in [5.41, 5.74) is 0.611. The van der Waals surface area contributed by atoms with E-state index in [2.05, 4.69) is 10.3 Å². The van der Waals surface area contributed by atoms with Crippen molar-refractivity contribution in [2.75, 3.05) is 10.2 Å². The van der Waals surface area contributed by atoms with E-state index in [1.165, 1.54) is 37.4 Å². The van der Waals surface area contributed by atoms with Gasteiger partial charge in [0.05, 0.1) is 28.2 Å². The van der Waals surface area contributed by atoms with Crippen LogP contribution in [0.3, 0.4) is 0 Å². The van der Waals surface area contributed by atoms with E-state index < -0.39 is 23.6 Å². The molecule has 1 heterocycles. The number of hydrogen-bond acceptors (Lipinski definition) is 6. The lowest BCUT2D eigenvalue weighted by molar-refractivity contribution is -0.137.